The first-order chi connectivity index (χ1) is 16.6. The average Bonchev–Trinajstić information content (AvgIpc) is 2.82. The van der Waals surface area contributed by atoms with E-state index in [1.807, 2.05) is 0 Å². The van der Waals surface area contributed by atoms with E-state index in [1.165, 1.54) is 109 Å². The number of carbonyl (C=O) groups excluding carboxylic acids is 1. The fourth-order valence-corrected chi connectivity index (χ4v) is 4.31. The van der Waals surface area contributed by atoms with Gasteiger partial charge in [-0.1, -0.05) is 136 Å². The van der Waals surface area contributed by atoms with Crippen LogP contribution in [0.2, 0.25) is 0 Å². The molecule has 0 aromatic heterocycles. The van der Waals surface area contributed by atoms with Crippen LogP contribution in [-0.2, 0) is 14.3 Å². The second-order valence-electron chi connectivity index (χ2n) is 9.99. The molecule has 0 heterocycles. The summed E-state index contributed by atoms with van der Waals surface area (Å²) in [5, 5.41) is 12.4. The van der Waals surface area contributed by atoms with E-state index in [2.05, 4.69) is 19.2 Å². The molecule has 1 atom stereocenters. The third-order valence-corrected chi connectivity index (χ3v) is 6.60. The van der Waals surface area contributed by atoms with Crippen molar-refractivity contribution < 1.29 is 19.4 Å². The van der Waals surface area contributed by atoms with Crippen LogP contribution in [0.4, 0.5) is 0 Å². The first-order valence-electron chi connectivity index (χ1n) is 14.7. The summed E-state index contributed by atoms with van der Waals surface area (Å²) in [5.74, 6) is -1.38. The summed E-state index contributed by atoms with van der Waals surface area (Å²) in [4.78, 5) is 23.5. The van der Waals surface area contributed by atoms with Crippen molar-refractivity contribution in [2.75, 3.05) is 13.2 Å². The molecule has 0 radical (unpaired) electrons. The van der Waals surface area contributed by atoms with Crippen LogP contribution in [0.3, 0.4) is 0 Å². The van der Waals surface area contributed by atoms with E-state index in [4.69, 9.17) is 4.74 Å². The molecule has 1 unspecified atom stereocenters. The van der Waals surface area contributed by atoms with E-state index >= 15 is 0 Å². The van der Waals surface area contributed by atoms with Crippen molar-refractivity contribution in [2.45, 2.75) is 161 Å². The van der Waals surface area contributed by atoms with Crippen LogP contribution in [-0.4, -0.2) is 36.2 Å². The normalized spacial score (nSPS) is 12.1. The Labute approximate surface area is 211 Å². The number of esters is 1. The maximum absolute atomic E-state index is 12.0. The summed E-state index contributed by atoms with van der Waals surface area (Å²) < 4.78 is 5.27. The lowest BCUT2D eigenvalue weighted by atomic mass is 10.1. The molecule has 0 amide bonds. The standard InChI is InChI=1S/C29H57NO4/c1-3-5-7-9-11-13-15-17-19-21-23-25-34-28(31)26-27(29(32)33)30-24-22-20-18-16-14-12-10-8-6-4-2/h27,30H,3-26H2,1-2H3,(H,32,33). The van der Waals surface area contributed by atoms with Crippen LogP contribution in [0.5, 0.6) is 0 Å². The largest absolute Gasteiger partial charge is 0.480 e. The number of carbonyl (C=O) groups is 2. The maximum Gasteiger partial charge on any atom is 0.321 e. The second kappa shape index (κ2) is 26.5. The van der Waals surface area contributed by atoms with E-state index in [9.17, 15) is 14.7 Å². The highest BCUT2D eigenvalue weighted by Gasteiger charge is 2.21. The van der Waals surface area contributed by atoms with Crippen LogP contribution >= 0.6 is 0 Å². The number of hydrogen-bond donors (Lipinski definition) is 2. The fourth-order valence-electron chi connectivity index (χ4n) is 4.31. The van der Waals surface area contributed by atoms with Gasteiger partial charge in [-0.2, -0.15) is 0 Å². The lowest BCUT2D eigenvalue weighted by Crippen LogP contribution is -2.39. The van der Waals surface area contributed by atoms with Crippen LogP contribution in [0.25, 0.3) is 0 Å². The van der Waals surface area contributed by atoms with Gasteiger partial charge in [0.2, 0.25) is 0 Å². The lowest BCUT2D eigenvalue weighted by Gasteiger charge is -2.14. The number of carboxylic acid groups (broad SMARTS) is 1. The van der Waals surface area contributed by atoms with Gasteiger partial charge in [-0.3, -0.25) is 9.59 Å². The molecule has 0 rings (SSSR count). The molecule has 0 aromatic rings. The summed E-state index contributed by atoms with van der Waals surface area (Å²) in [7, 11) is 0. The molecule has 34 heavy (non-hydrogen) atoms. The maximum atomic E-state index is 12.0. The van der Waals surface area contributed by atoms with Gasteiger partial charge < -0.3 is 15.2 Å². The van der Waals surface area contributed by atoms with Gasteiger partial charge >= 0.3 is 11.9 Å². The van der Waals surface area contributed by atoms with E-state index < -0.39 is 18.0 Å². The Morgan fingerprint density at radius 2 is 1.00 bits per heavy atom. The molecular weight excluding hydrogens is 426 g/mol. The zero-order valence-corrected chi connectivity index (χ0v) is 22.7. The van der Waals surface area contributed by atoms with Crippen molar-refractivity contribution in [1.29, 1.82) is 0 Å². The molecular formula is C29H57NO4. The van der Waals surface area contributed by atoms with E-state index in [-0.39, 0.29) is 6.42 Å². The quantitative estimate of drug-likeness (QED) is 0.0909. The van der Waals surface area contributed by atoms with Crippen molar-refractivity contribution in [3.8, 4) is 0 Å². The molecule has 0 aliphatic heterocycles. The summed E-state index contributed by atoms with van der Waals surface area (Å²) in [6.45, 7) is 5.53. The number of nitrogens with one attached hydrogen (secondary N) is 1. The third kappa shape index (κ3) is 24.0. The highest BCUT2D eigenvalue weighted by atomic mass is 16.5. The monoisotopic (exact) mass is 483 g/mol. The number of hydrogen-bond acceptors (Lipinski definition) is 4. The van der Waals surface area contributed by atoms with E-state index in [1.54, 1.807) is 0 Å². The number of ether oxygens (including phenoxy) is 1. The fraction of sp³-hybridized carbons (Fsp3) is 0.931. The lowest BCUT2D eigenvalue weighted by molar-refractivity contribution is -0.149. The van der Waals surface area contributed by atoms with Gasteiger partial charge in [0.25, 0.3) is 0 Å². The van der Waals surface area contributed by atoms with Gasteiger partial charge in [0.1, 0.15) is 6.04 Å². The second-order valence-corrected chi connectivity index (χ2v) is 9.99. The smallest absolute Gasteiger partial charge is 0.321 e. The molecule has 0 bridgehead atoms. The number of aliphatic carboxylic acids is 1. The van der Waals surface area contributed by atoms with Crippen LogP contribution in [0.15, 0.2) is 0 Å². The van der Waals surface area contributed by atoms with Gasteiger partial charge in [0.05, 0.1) is 13.0 Å². The Bertz CT molecular complexity index is 455. The predicted molar refractivity (Wildman–Crippen MR) is 143 cm³/mol. The Balaban J connectivity index is 3.58. The summed E-state index contributed by atoms with van der Waals surface area (Å²) >= 11 is 0. The van der Waals surface area contributed by atoms with Gasteiger partial charge in [-0.15, -0.1) is 0 Å². The minimum Gasteiger partial charge on any atom is -0.480 e. The first-order valence-corrected chi connectivity index (χ1v) is 14.7. The van der Waals surface area contributed by atoms with Crippen molar-refractivity contribution in [3.63, 3.8) is 0 Å². The molecule has 0 fully saturated rings. The van der Waals surface area contributed by atoms with Gasteiger partial charge in [0.15, 0.2) is 0 Å². The van der Waals surface area contributed by atoms with Gasteiger partial charge in [-0.05, 0) is 19.4 Å². The highest BCUT2D eigenvalue weighted by Crippen LogP contribution is 2.12. The van der Waals surface area contributed by atoms with Crippen molar-refractivity contribution in [3.05, 3.63) is 0 Å². The molecule has 5 nitrogen and oxygen atoms in total. The minimum absolute atomic E-state index is 0.0921. The molecule has 0 aromatic carbocycles. The van der Waals surface area contributed by atoms with Gasteiger partial charge in [-0.25, -0.2) is 0 Å². The molecule has 2 N–H and O–H groups in total. The zero-order valence-electron chi connectivity index (χ0n) is 22.7. The number of carboxylic acids is 1. The first kappa shape index (κ1) is 32.9. The Kier molecular flexibility index (Phi) is 25.6. The average molecular weight is 484 g/mol. The zero-order chi connectivity index (χ0) is 25.1. The van der Waals surface area contributed by atoms with Crippen LogP contribution in [0, 0.1) is 0 Å². The third-order valence-electron chi connectivity index (χ3n) is 6.60. The molecule has 5 heteroatoms. The van der Waals surface area contributed by atoms with Crippen molar-refractivity contribution in [2.24, 2.45) is 0 Å². The SMILES string of the molecule is CCCCCCCCCCCCCOC(=O)CC(NCCCCCCCCCCCC)C(=O)O. The number of rotatable bonds is 27. The molecule has 0 aliphatic carbocycles. The number of unbranched alkanes of at least 4 members (excludes halogenated alkanes) is 19. The van der Waals surface area contributed by atoms with E-state index in [0.717, 1.165) is 25.7 Å². The predicted octanol–water partition coefficient (Wildman–Crippen LogP) is 8.19. The Hall–Kier alpha value is -1.10. The molecule has 0 saturated heterocycles. The Morgan fingerprint density at radius 1 is 0.618 bits per heavy atom. The van der Waals surface area contributed by atoms with E-state index in [0.29, 0.717) is 13.2 Å². The minimum atomic E-state index is -0.973. The molecule has 0 spiro atoms. The van der Waals surface area contributed by atoms with Crippen LogP contribution < -0.4 is 5.32 Å². The summed E-state index contributed by atoms with van der Waals surface area (Å²) in [6, 6.07) is -0.844. The van der Waals surface area contributed by atoms with Crippen molar-refractivity contribution >= 4 is 11.9 Å². The van der Waals surface area contributed by atoms with Gasteiger partial charge in [0, 0.05) is 0 Å². The van der Waals surface area contributed by atoms with Crippen LogP contribution in [0.1, 0.15) is 155 Å². The molecule has 0 aliphatic rings. The van der Waals surface area contributed by atoms with Crippen molar-refractivity contribution in [1.82, 2.24) is 5.32 Å². The summed E-state index contributed by atoms with van der Waals surface area (Å²) in [6.07, 6.45) is 26.2. The topological polar surface area (TPSA) is 75.6 Å². The molecule has 202 valence electrons. The Morgan fingerprint density at radius 3 is 1.41 bits per heavy atom. The molecule has 0 saturated carbocycles. The summed E-state index contributed by atoms with van der Waals surface area (Å²) in [5.41, 5.74) is 0. The highest BCUT2D eigenvalue weighted by molar-refractivity contribution is 5.81.